The van der Waals surface area contributed by atoms with Crippen LogP contribution in [-0.4, -0.2) is 17.0 Å². The molecule has 7 heteroatoms. The minimum atomic E-state index is -0.526. The molecule has 0 radical (unpaired) electrons. The average Bonchev–Trinajstić information content (AvgIpc) is 2.91. The third kappa shape index (κ3) is 3.38. The monoisotopic (exact) mass is 307 g/mol. The van der Waals surface area contributed by atoms with E-state index in [2.05, 4.69) is 10.5 Å². The summed E-state index contributed by atoms with van der Waals surface area (Å²) in [6.45, 7) is 1.91. The van der Waals surface area contributed by atoms with Crippen molar-refractivity contribution in [3.8, 4) is 0 Å². The molecule has 1 aromatic carbocycles. The zero-order valence-electron chi connectivity index (χ0n) is 11.3. The third-order valence-corrected chi connectivity index (χ3v) is 3.98. The quantitative estimate of drug-likeness (QED) is 0.350. The fraction of sp³-hybridized carbons (Fsp3) is 0.143. The lowest BCUT2D eigenvalue weighted by Crippen LogP contribution is -2.23. The molecule has 110 valence electrons. The molecule has 21 heavy (non-hydrogen) atoms. The van der Waals surface area contributed by atoms with Crippen LogP contribution in [0.25, 0.3) is 0 Å². The average molecular weight is 307 g/mol. The molecule has 0 spiro atoms. The summed E-state index contributed by atoms with van der Waals surface area (Å²) in [6, 6.07) is 6.03. The van der Waals surface area contributed by atoms with Crippen molar-refractivity contribution >= 4 is 23.1 Å². The number of carbonyl (C=O) groups excluding carboxylic acids is 1. The highest BCUT2D eigenvalue weighted by atomic mass is 32.1. The fourth-order valence-corrected chi connectivity index (χ4v) is 2.61. The maximum absolute atomic E-state index is 13.9. The normalized spacial score (nSPS) is 11.4. The summed E-state index contributed by atoms with van der Waals surface area (Å²) in [4.78, 5) is 12.6. The highest BCUT2D eigenvalue weighted by Gasteiger charge is 2.12. The number of nitrogens with one attached hydrogen (secondary N) is 1. The van der Waals surface area contributed by atoms with Crippen LogP contribution in [-0.2, 0) is 6.54 Å². The van der Waals surface area contributed by atoms with Gasteiger partial charge in [-0.05, 0) is 30.0 Å². The van der Waals surface area contributed by atoms with Crippen LogP contribution >= 0.6 is 11.3 Å². The first-order valence-electron chi connectivity index (χ1n) is 6.11. The van der Waals surface area contributed by atoms with Gasteiger partial charge < -0.3 is 16.3 Å². The van der Waals surface area contributed by atoms with Crippen LogP contribution in [0.1, 0.15) is 26.4 Å². The zero-order valence-corrected chi connectivity index (χ0v) is 12.1. The Morgan fingerprint density at radius 3 is 2.81 bits per heavy atom. The maximum Gasteiger partial charge on any atom is 0.261 e. The van der Waals surface area contributed by atoms with Crippen molar-refractivity contribution < 1.29 is 14.4 Å². The van der Waals surface area contributed by atoms with Gasteiger partial charge in [-0.15, -0.1) is 11.3 Å². The molecular formula is C14H14FN3O2S. The SMILES string of the molecule is Cc1ccsc1C(=O)NCc1ccc(C(N)=NO)cc1F. The molecular weight excluding hydrogens is 293 g/mol. The van der Waals surface area contributed by atoms with Crippen LogP contribution in [0.3, 0.4) is 0 Å². The topological polar surface area (TPSA) is 87.7 Å². The number of nitrogens with two attached hydrogens (primary N) is 1. The first kappa shape index (κ1) is 15.0. The lowest BCUT2D eigenvalue weighted by atomic mass is 10.1. The molecule has 4 N–H and O–H groups in total. The molecule has 0 unspecified atom stereocenters. The van der Waals surface area contributed by atoms with Crippen LogP contribution < -0.4 is 11.1 Å². The summed E-state index contributed by atoms with van der Waals surface area (Å²) in [5.74, 6) is -0.927. The molecule has 2 rings (SSSR count). The third-order valence-electron chi connectivity index (χ3n) is 2.96. The summed E-state index contributed by atoms with van der Waals surface area (Å²) < 4.78 is 13.9. The number of carbonyl (C=O) groups is 1. The summed E-state index contributed by atoms with van der Waals surface area (Å²) in [5, 5.41) is 15.8. The standard InChI is InChI=1S/C14H14FN3O2S/c1-8-4-5-21-12(8)14(19)17-7-10-3-2-9(6-11(10)15)13(16)18-20/h2-6,20H,7H2,1H3,(H2,16,18)(H,17,19). The van der Waals surface area contributed by atoms with Crippen LogP contribution in [0.15, 0.2) is 34.8 Å². The molecule has 0 atom stereocenters. The smallest absolute Gasteiger partial charge is 0.261 e. The Balaban J connectivity index is 2.07. The molecule has 1 amide bonds. The van der Waals surface area contributed by atoms with Crippen LogP contribution in [0, 0.1) is 12.7 Å². The molecule has 0 saturated carbocycles. The highest BCUT2D eigenvalue weighted by Crippen LogP contribution is 2.16. The number of halogens is 1. The first-order valence-corrected chi connectivity index (χ1v) is 6.99. The van der Waals surface area contributed by atoms with E-state index in [0.29, 0.717) is 10.4 Å². The van der Waals surface area contributed by atoms with E-state index >= 15 is 0 Å². The second-order valence-corrected chi connectivity index (χ2v) is 5.32. The van der Waals surface area contributed by atoms with Gasteiger partial charge in [0.2, 0.25) is 0 Å². The predicted molar refractivity (Wildman–Crippen MR) is 79.1 cm³/mol. The van der Waals surface area contributed by atoms with E-state index in [1.54, 1.807) is 0 Å². The molecule has 0 aliphatic heterocycles. The Labute approximate surface area is 124 Å². The molecule has 0 fully saturated rings. The van der Waals surface area contributed by atoms with E-state index in [-0.39, 0.29) is 23.9 Å². The Morgan fingerprint density at radius 1 is 1.48 bits per heavy atom. The van der Waals surface area contributed by atoms with Crippen molar-refractivity contribution in [3.63, 3.8) is 0 Å². The fourth-order valence-electron chi connectivity index (χ4n) is 1.77. The van der Waals surface area contributed by atoms with E-state index in [1.165, 1.54) is 23.5 Å². The predicted octanol–water partition coefficient (Wildman–Crippen LogP) is 2.22. The Hall–Kier alpha value is -2.41. The zero-order chi connectivity index (χ0) is 15.4. The van der Waals surface area contributed by atoms with Gasteiger partial charge >= 0.3 is 0 Å². The molecule has 1 heterocycles. The minimum absolute atomic E-state index is 0.0679. The van der Waals surface area contributed by atoms with Crippen molar-refractivity contribution in [2.24, 2.45) is 10.9 Å². The number of hydrogen-bond donors (Lipinski definition) is 3. The van der Waals surface area contributed by atoms with Crippen molar-refractivity contribution in [1.82, 2.24) is 5.32 Å². The summed E-state index contributed by atoms with van der Waals surface area (Å²) in [5.41, 5.74) is 6.87. The van der Waals surface area contributed by atoms with Gasteiger partial charge in [-0.1, -0.05) is 17.3 Å². The molecule has 0 aliphatic rings. The largest absolute Gasteiger partial charge is 0.409 e. The van der Waals surface area contributed by atoms with Crippen molar-refractivity contribution in [3.05, 3.63) is 57.0 Å². The minimum Gasteiger partial charge on any atom is -0.409 e. The summed E-state index contributed by atoms with van der Waals surface area (Å²) >= 11 is 1.34. The Bertz CT molecular complexity index is 697. The number of benzene rings is 1. The number of amides is 1. The number of amidine groups is 1. The summed E-state index contributed by atoms with van der Waals surface area (Å²) in [6.07, 6.45) is 0. The number of nitrogens with zero attached hydrogens (tertiary/aromatic N) is 1. The van der Waals surface area contributed by atoms with E-state index in [9.17, 15) is 9.18 Å². The number of hydrogen-bond acceptors (Lipinski definition) is 4. The van der Waals surface area contributed by atoms with Gasteiger partial charge in [0.1, 0.15) is 5.82 Å². The van der Waals surface area contributed by atoms with E-state index in [1.807, 2.05) is 18.4 Å². The number of thiophene rings is 1. The van der Waals surface area contributed by atoms with Crippen molar-refractivity contribution in [1.29, 1.82) is 0 Å². The molecule has 0 saturated heterocycles. The van der Waals surface area contributed by atoms with Gasteiger partial charge in [0.15, 0.2) is 5.84 Å². The molecule has 2 aromatic rings. The molecule has 5 nitrogen and oxygen atoms in total. The number of aryl methyl sites for hydroxylation is 1. The second-order valence-electron chi connectivity index (χ2n) is 4.41. The van der Waals surface area contributed by atoms with Gasteiger partial charge in [0.05, 0.1) is 4.88 Å². The van der Waals surface area contributed by atoms with E-state index < -0.39 is 5.82 Å². The van der Waals surface area contributed by atoms with Crippen LogP contribution in [0.5, 0.6) is 0 Å². The Morgan fingerprint density at radius 2 is 2.24 bits per heavy atom. The van der Waals surface area contributed by atoms with Crippen molar-refractivity contribution in [2.75, 3.05) is 0 Å². The second kappa shape index (κ2) is 6.36. The van der Waals surface area contributed by atoms with Gasteiger partial charge in [-0.2, -0.15) is 0 Å². The van der Waals surface area contributed by atoms with Gasteiger partial charge in [0.25, 0.3) is 5.91 Å². The van der Waals surface area contributed by atoms with Crippen molar-refractivity contribution in [2.45, 2.75) is 13.5 Å². The first-order chi connectivity index (χ1) is 10.0. The maximum atomic E-state index is 13.9. The van der Waals surface area contributed by atoms with Gasteiger partial charge in [-0.25, -0.2) is 4.39 Å². The lowest BCUT2D eigenvalue weighted by Gasteiger charge is -2.07. The Kier molecular flexibility index (Phi) is 4.54. The van der Waals surface area contributed by atoms with Gasteiger partial charge in [-0.3, -0.25) is 4.79 Å². The number of oxime groups is 1. The number of rotatable bonds is 4. The van der Waals surface area contributed by atoms with E-state index in [0.717, 1.165) is 11.6 Å². The highest BCUT2D eigenvalue weighted by molar-refractivity contribution is 7.12. The molecule has 0 bridgehead atoms. The van der Waals surface area contributed by atoms with Crippen LogP contribution in [0.4, 0.5) is 4.39 Å². The van der Waals surface area contributed by atoms with Gasteiger partial charge in [0, 0.05) is 17.7 Å². The molecule has 1 aromatic heterocycles. The van der Waals surface area contributed by atoms with E-state index in [4.69, 9.17) is 10.9 Å². The lowest BCUT2D eigenvalue weighted by molar-refractivity contribution is 0.0954. The summed E-state index contributed by atoms with van der Waals surface area (Å²) in [7, 11) is 0. The molecule has 0 aliphatic carbocycles. The van der Waals surface area contributed by atoms with Crippen LogP contribution in [0.2, 0.25) is 0 Å².